The number of imidazole rings is 1. The van der Waals surface area contributed by atoms with Gasteiger partial charge in [-0.3, -0.25) is 9.36 Å². The lowest BCUT2D eigenvalue weighted by atomic mass is 10.2. The third kappa shape index (κ3) is 2.71. The highest BCUT2D eigenvalue weighted by Gasteiger charge is 2.13. The van der Waals surface area contributed by atoms with Gasteiger partial charge in [-0.25, -0.2) is 9.59 Å². The van der Waals surface area contributed by atoms with E-state index < -0.39 is 5.97 Å². The minimum Gasteiger partial charge on any atom is -0.478 e. The molecule has 0 spiro atoms. The summed E-state index contributed by atoms with van der Waals surface area (Å²) in [7, 11) is 0. The van der Waals surface area contributed by atoms with E-state index in [-0.39, 0.29) is 23.6 Å². The molecule has 1 aromatic heterocycles. The Morgan fingerprint density at radius 2 is 2.05 bits per heavy atom. The summed E-state index contributed by atoms with van der Waals surface area (Å²) in [5, 5.41) is 9.08. The van der Waals surface area contributed by atoms with Crippen LogP contribution in [-0.2, 0) is 11.3 Å². The molecule has 7 nitrogen and oxygen atoms in total. The first-order chi connectivity index (χ1) is 9.50. The first-order valence-corrected chi connectivity index (χ1v) is 6.24. The Hall–Kier alpha value is -2.57. The summed E-state index contributed by atoms with van der Waals surface area (Å²) in [6.45, 7) is 0.412. The largest absolute Gasteiger partial charge is 0.478 e. The number of rotatable bonds is 6. The van der Waals surface area contributed by atoms with Crippen LogP contribution in [0.1, 0.15) is 29.6 Å². The van der Waals surface area contributed by atoms with E-state index in [0.717, 1.165) is 0 Å². The number of carboxylic acid groups (broad SMARTS) is 1. The molecule has 2 aromatic rings. The highest BCUT2D eigenvalue weighted by Crippen LogP contribution is 2.16. The van der Waals surface area contributed by atoms with Crippen molar-refractivity contribution >= 4 is 22.9 Å². The number of aromatic carboxylic acids is 1. The van der Waals surface area contributed by atoms with E-state index in [2.05, 4.69) is 4.98 Å². The van der Waals surface area contributed by atoms with Crippen molar-refractivity contribution < 1.29 is 14.7 Å². The monoisotopic (exact) mass is 277 g/mol. The van der Waals surface area contributed by atoms with Crippen LogP contribution in [0.3, 0.4) is 0 Å². The highest BCUT2D eigenvalue weighted by molar-refractivity contribution is 6.00. The van der Waals surface area contributed by atoms with Crippen molar-refractivity contribution in [1.29, 1.82) is 0 Å². The summed E-state index contributed by atoms with van der Waals surface area (Å²) in [4.78, 5) is 36.2. The van der Waals surface area contributed by atoms with Gasteiger partial charge in [-0.15, -0.1) is 0 Å². The summed E-state index contributed by atoms with van der Waals surface area (Å²) in [5.41, 5.74) is 5.63. The molecule has 0 atom stereocenters. The van der Waals surface area contributed by atoms with Crippen molar-refractivity contribution in [2.45, 2.75) is 25.8 Å². The average molecular weight is 277 g/mol. The minimum atomic E-state index is -1.09. The lowest BCUT2D eigenvalue weighted by Crippen LogP contribution is -2.17. The number of unbranched alkanes of at least 4 members (excludes halogenated alkanes) is 1. The molecule has 4 N–H and O–H groups in total. The first-order valence-electron chi connectivity index (χ1n) is 6.24. The van der Waals surface area contributed by atoms with Gasteiger partial charge in [0.05, 0.1) is 16.6 Å². The number of nitrogens with two attached hydrogens (primary N) is 1. The van der Waals surface area contributed by atoms with Gasteiger partial charge in [0, 0.05) is 13.0 Å². The molecule has 0 aliphatic rings. The molecular formula is C13H15N3O4. The number of benzene rings is 1. The summed E-state index contributed by atoms with van der Waals surface area (Å²) in [6.07, 6.45) is 1.48. The Balaban J connectivity index is 2.28. The van der Waals surface area contributed by atoms with E-state index in [1.807, 2.05) is 0 Å². The van der Waals surface area contributed by atoms with E-state index in [4.69, 9.17) is 10.8 Å². The summed E-state index contributed by atoms with van der Waals surface area (Å²) < 4.78 is 1.47. The number of nitrogens with zero attached hydrogens (tertiary/aromatic N) is 1. The number of primary amides is 1. The SMILES string of the molecule is NC(=O)CCCCn1c(=O)[nH]c2c(C(=O)O)cccc21. The van der Waals surface area contributed by atoms with Gasteiger partial charge in [0.1, 0.15) is 0 Å². The average Bonchev–Trinajstić information content (AvgIpc) is 2.70. The molecule has 0 aliphatic carbocycles. The van der Waals surface area contributed by atoms with Gasteiger partial charge in [-0.05, 0) is 25.0 Å². The standard InChI is InChI=1S/C13H15N3O4/c14-10(17)6-1-2-7-16-9-5-3-4-8(12(18)19)11(9)15-13(16)20/h3-5H,1-2,6-7H2,(H2,14,17)(H,15,20)(H,18,19). The van der Waals surface area contributed by atoms with Crippen molar-refractivity contribution in [3.8, 4) is 0 Å². The molecule has 20 heavy (non-hydrogen) atoms. The molecule has 2 rings (SSSR count). The second-order valence-corrected chi connectivity index (χ2v) is 4.51. The smallest absolute Gasteiger partial charge is 0.337 e. The Labute approximate surface area is 114 Å². The number of fused-ring (bicyclic) bond motifs is 1. The molecule has 0 radical (unpaired) electrons. The second-order valence-electron chi connectivity index (χ2n) is 4.51. The van der Waals surface area contributed by atoms with Crippen LogP contribution in [-0.4, -0.2) is 26.5 Å². The number of carbonyl (C=O) groups is 2. The minimum absolute atomic E-state index is 0.0653. The molecule has 7 heteroatoms. The Morgan fingerprint density at radius 3 is 2.70 bits per heavy atom. The van der Waals surface area contributed by atoms with Crippen LogP contribution in [0.4, 0.5) is 0 Å². The van der Waals surface area contributed by atoms with Gasteiger partial charge >= 0.3 is 11.7 Å². The Kier molecular flexibility index (Phi) is 3.88. The predicted octanol–water partition coefficient (Wildman–Crippen LogP) is 0.683. The molecule has 0 unspecified atom stereocenters. The number of amides is 1. The van der Waals surface area contributed by atoms with Crippen LogP contribution in [0.15, 0.2) is 23.0 Å². The fourth-order valence-corrected chi connectivity index (χ4v) is 2.15. The van der Waals surface area contributed by atoms with Crippen molar-refractivity contribution in [2.24, 2.45) is 5.73 Å². The van der Waals surface area contributed by atoms with E-state index >= 15 is 0 Å². The van der Waals surface area contributed by atoms with Crippen LogP contribution in [0.2, 0.25) is 0 Å². The van der Waals surface area contributed by atoms with Gasteiger partial charge in [0.2, 0.25) is 5.91 Å². The zero-order valence-electron chi connectivity index (χ0n) is 10.8. The number of carboxylic acids is 1. The van der Waals surface area contributed by atoms with Crippen molar-refractivity contribution in [3.05, 3.63) is 34.2 Å². The van der Waals surface area contributed by atoms with Gasteiger partial charge < -0.3 is 15.8 Å². The van der Waals surface area contributed by atoms with E-state index in [1.165, 1.54) is 10.6 Å². The normalized spacial score (nSPS) is 10.8. The predicted molar refractivity (Wildman–Crippen MR) is 72.6 cm³/mol. The molecule has 0 saturated carbocycles. The number of H-pyrrole nitrogens is 1. The quantitative estimate of drug-likeness (QED) is 0.673. The van der Waals surface area contributed by atoms with E-state index in [1.54, 1.807) is 12.1 Å². The molecule has 0 fully saturated rings. The molecule has 0 saturated heterocycles. The van der Waals surface area contributed by atoms with Gasteiger partial charge in [-0.1, -0.05) is 6.07 Å². The number of nitrogens with one attached hydrogen (secondary N) is 1. The molecule has 0 bridgehead atoms. The number of hydrogen-bond acceptors (Lipinski definition) is 3. The van der Waals surface area contributed by atoms with Gasteiger partial charge in [-0.2, -0.15) is 0 Å². The molecule has 1 amide bonds. The molecule has 0 aliphatic heterocycles. The summed E-state index contributed by atoms with van der Waals surface area (Å²) in [5.74, 6) is -1.46. The second kappa shape index (κ2) is 5.60. The van der Waals surface area contributed by atoms with E-state index in [0.29, 0.717) is 30.4 Å². The van der Waals surface area contributed by atoms with Crippen LogP contribution < -0.4 is 11.4 Å². The van der Waals surface area contributed by atoms with Crippen LogP contribution in [0, 0.1) is 0 Å². The maximum atomic E-state index is 11.9. The molecule has 1 heterocycles. The van der Waals surface area contributed by atoms with Crippen molar-refractivity contribution in [3.63, 3.8) is 0 Å². The maximum Gasteiger partial charge on any atom is 0.337 e. The fraction of sp³-hybridized carbons (Fsp3) is 0.308. The molecular weight excluding hydrogens is 262 g/mol. The van der Waals surface area contributed by atoms with Crippen LogP contribution in [0.5, 0.6) is 0 Å². The molecule has 1 aromatic carbocycles. The Morgan fingerprint density at radius 1 is 1.30 bits per heavy atom. The summed E-state index contributed by atoms with van der Waals surface area (Å²) in [6, 6.07) is 4.73. The fourth-order valence-electron chi connectivity index (χ4n) is 2.15. The van der Waals surface area contributed by atoms with Crippen molar-refractivity contribution in [1.82, 2.24) is 9.55 Å². The number of aromatic amines is 1. The number of aromatic nitrogens is 2. The first kappa shape index (κ1) is 13.9. The number of hydrogen-bond donors (Lipinski definition) is 3. The topological polar surface area (TPSA) is 118 Å². The van der Waals surface area contributed by atoms with Crippen LogP contribution in [0.25, 0.3) is 11.0 Å². The third-order valence-corrected chi connectivity index (χ3v) is 3.10. The number of aryl methyl sites for hydroxylation is 1. The van der Waals surface area contributed by atoms with Gasteiger partial charge in [0.15, 0.2) is 0 Å². The van der Waals surface area contributed by atoms with Crippen molar-refractivity contribution in [2.75, 3.05) is 0 Å². The zero-order chi connectivity index (χ0) is 14.7. The van der Waals surface area contributed by atoms with Crippen LogP contribution >= 0.6 is 0 Å². The Bertz CT molecular complexity index is 714. The lowest BCUT2D eigenvalue weighted by molar-refractivity contribution is -0.118. The highest BCUT2D eigenvalue weighted by atomic mass is 16.4. The zero-order valence-corrected chi connectivity index (χ0v) is 10.8. The number of carbonyl (C=O) groups excluding carboxylic acids is 1. The van der Waals surface area contributed by atoms with Gasteiger partial charge in [0.25, 0.3) is 0 Å². The molecule has 106 valence electrons. The third-order valence-electron chi connectivity index (χ3n) is 3.10. The maximum absolute atomic E-state index is 11.9. The van der Waals surface area contributed by atoms with E-state index in [9.17, 15) is 14.4 Å². The summed E-state index contributed by atoms with van der Waals surface area (Å²) >= 11 is 0. The lowest BCUT2D eigenvalue weighted by Gasteiger charge is -2.03. The number of para-hydroxylation sites is 1.